The molecular formula is C14H14ClN3O3S. The summed E-state index contributed by atoms with van der Waals surface area (Å²) in [5, 5.41) is 13.9. The smallest absolute Gasteiger partial charge is 0.289 e. The van der Waals surface area contributed by atoms with Crippen molar-refractivity contribution in [1.82, 2.24) is 4.98 Å². The Labute approximate surface area is 135 Å². The number of benzene rings is 1. The molecule has 8 heteroatoms. The Bertz CT molecular complexity index is 752. The maximum atomic E-state index is 11.4. The minimum absolute atomic E-state index is 0.164. The maximum Gasteiger partial charge on any atom is 0.289 e. The van der Waals surface area contributed by atoms with E-state index in [1.54, 1.807) is 6.26 Å². The van der Waals surface area contributed by atoms with Gasteiger partial charge in [0.2, 0.25) is 0 Å². The molecule has 0 bridgehead atoms. The molecule has 1 aromatic carbocycles. The molecule has 1 aromatic heterocycles. The molecule has 0 spiro atoms. The molecule has 0 radical (unpaired) electrons. The largest absolute Gasteiger partial charge is 0.339 e. The molecule has 0 aliphatic heterocycles. The third-order valence-corrected chi connectivity index (χ3v) is 4.10. The van der Waals surface area contributed by atoms with E-state index in [4.69, 9.17) is 11.6 Å². The van der Waals surface area contributed by atoms with Crippen molar-refractivity contribution in [2.75, 3.05) is 11.6 Å². The first kappa shape index (κ1) is 16.4. The third kappa shape index (κ3) is 3.80. The number of anilines is 2. The zero-order chi connectivity index (χ0) is 16.3. The summed E-state index contributed by atoms with van der Waals surface area (Å²) >= 11 is 6.02. The lowest BCUT2D eigenvalue weighted by atomic mass is 10.1. The summed E-state index contributed by atoms with van der Waals surface area (Å²) in [5.41, 5.74) is 2.51. The fourth-order valence-electron chi connectivity index (χ4n) is 1.94. The summed E-state index contributed by atoms with van der Waals surface area (Å²) in [6.45, 7) is 1.91. The van der Waals surface area contributed by atoms with Gasteiger partial charge in [-0.25, -0.2) is 4.98 Å². The highest BCUT2D eigenvalue weighted by Crippen LogP contribution is 2.29. The summed E-state index contributed by atoms with van der Waals surface area (Å²) in [5.74, 6) is 0.799. The van der Waals surface area contributed by atoms with Crippen LogP contribution in [0.15, 0.2) is 30.5 Å². The number of hydrogen-bond acceptors (Lipinski definition) is 5. The molecule has 0 saturated heterocycles. The van der Waals surface area contributed by atoms with Crippen LogP contribution in [0.25, 0.3) is 0 Å². The summed E-state index contributed by atoms with van der Waals surface area (Å²) in [7, 11) is -0.939. The second-order valence-electron chi connectivity index (χ2n) is 4.71. The molecule has 0 saturated carbocycles. The highest BCUT2D eigenvalue weighted by Gasteiger charge is 2.12. The molecule has 1 unspecified atom stereocenters. The van der Waals surface area contributed by atoms with E-state index in [0.29, 0.717) is 11.6 Å². The SMILES string of the molecule is Cc1c(CS(C)=O)cccc1Nc1ncc([N+](=O)[O-])cc1Cl. The zero-order valence-corrected chi connectivity index (χ0v) is 13.6. The molecule has 22 heavy (non-hydrogen) atoms. The van der Waals surface area contributed by atoms with E-state index in [9.17, 15) is 14.3 Å². The van der Waals surface area contributed by atoms with Crippen LogP contribution in [-0.4, -0.2) is 20.4 Å². The molecule has 0 aliphatic rings. The number of pyridine rings is 1. The molecule has 1 atom stereocenters. The van der Waals surface area contributed by atoms with Crippen LogP contribution < -0.4 is 5.32 Å². The lowest BCUT2D eigenvalue weighted by Gasteiger charge is -2.13. The second-order valence-corrected chi connectivity index (χ2v) is 6.56. The number of nitro groups is 1. The topological polar surface area (TPSA) is 85.1 Å². The number of rotatable bonds is 5. The Morgan fingerprint density at radius 2 is 2.18 bits per heavy atom. The van der Waals surface area contributed by atoms with Gasteiger partial charge in [-0.15, -0.1) is 0 Å². The van der Waals surface area contributed by atoms with Gasteiger partial charge in [0, 0.05) is 34.6 Å². The van der Waals surface area contributed by atoms with Crippen LogP contribution in [0.3, 0.4) is 0 Å². The average Bonchev–Trinajstić information content (AvgIpc) is 2.44. The minimum Gasteiger partial charge on any atom is -0.339 e. The normalized spacial score (nSPS) is 12.0. The fraction of sp³-hybridized carbons (Fsp3) is 0.214. The van der Waals surface area contributed by atoms with Crippen LogP contribution in [0.4, 0.5) is 17.2 Å². The van der Waals surface area contributed by atoms with Crippen molar-refractivity contribution in [1.29, 1.82) is 0 Å². The lowest BCUT2D eigenvalue weighted by Crippen LogP contribution is -2.01. The molecule has 0 aliphatic carbocycles. The van der Waals surface area contributed by atoms with Crippen LogP contribution in [0, 0.1) is 17.0 Å². The predicted octanol–water partition coefficient (Wildman–Crippen LogP) is 3.57. The lowest BCUT2D eigenvalue weighted by molar-refractivity contribution is -0.385. The monoisotopic (exact) mass is 339 g/mol. The molecule has 6 nitrogen and oxygen atoms in total. The van der Waals surface area contributed by atoms with Crippen molar-refractivity contribution in [3.8, 4) is 0 Å². The first-order valence-corrected chi connectivity index (χ1v) is 8.44. The first-order valence-electron chi connectivity index (χ1n) is 6.34. The van der Waals surface area contributed by atoms with Gasteiger partial charge in [0.1, 0.15) is 12.0 Å². The quantitative estimate of drug-likeness (QED) is 0.664. The van der Waals surface area contributed by atoms with Crippen LogP contribution in [-0.2, 0) is 16.6 Å². The number of aromatic nitrogens is 1. The Balaban J connectivity index is 2.31. The molecule has 1 N–H and O–H groups in total. The van der Waals surface area contributed by atoms with Gasteiger partial charge in [-0.05, 0) is 24.1 Å². The summed E-state index contributed by atoms with van der Waals surface area (Å²) in [6, 6.07) is 6.84. The molecular weight excluding hydrogens is 326 g/mol. The fourth-order valence-corrected chi connectivity index (χ4v) is 2.90. The van der Waals surface area contributed by atoms with Crippen LogP contribution in [0.2, 0.25) is 5.02 Å². The standard InChI is InChI=1S/C14H14ClN3O3S/c1-9-10(8-22(2)21)4-3-5-13(9)17-14-12(15)6-11(7-16-14)18(19)20/h3-7H,8H2,1-2H3,(H,16,17). The second kappa shape index (κ2) is 6.85. The Kier molecular flexibility index (Phi) is 5.10. The van der Waals surface area contributed by atoms with Gasteiger partial charge < -0.3 is 5.32 Å². The van der Waals surface area contributed by atoms with Gasteiger partial charge in [-0.2, -0.15) is 0 Å². The Hall–Kier alpha value is -1.99. The van der Waals surface area contributed by atoms with Gasteiger partial charge in [0.25, 0.3) is 5.69 Å². The van der Waals surface area contributed by atoms with E-state index in [1.807, 2.05) is 25.1 Å². The van der Waals surface area contributed by atoms with Crippen molar-refractivity contribution in [3.05, 3.63) is 56.7 Å². The van der Waals surface area contributed by atoms with Crippen LogP contribution in [0.1, 0.15) is 11.1 Å². The van der Waals surface area contributed by atoms with E-state index in [2.05, 4.69) is 10.3 Å². The van der Waals surface area contributed by atoms with Crippen molar-refractivity contribution in [3.63, 3.8) is 0 Å². The number of hydrogen-bond donors (Lipinski definition) is 1. The predicted molar refractivity (Wildman–Crippen MR) is 88.1 cm³/mol. The molecule has 0 fully saturated rings. The van der Waals surface area contributed by atoms with Crippen molar-refractivity contribution in [2.45, 2.75) is 12.7 Å². The Morgan fingerprint density at radius 1 is 1.45 bits per heavy atom. The summed E-state index contributed by atoms with van der Waals surface area (Å²) in [6.07, 6.45) is 2.79. The van der Waals surface area contributed by atoms with Crippen LogP contribution >= 0.6 is 11.6 Å². The molecule has 2 aromatic rings. The Morgan fingerprint density at radius 3 is 2.77 bits per heavy atom. The van der Waals surface area contributed by atoms with E-state index in [1.165, 1.54) is 6.07 Å². The van der Waals surface area contributed by atoms with E-state index in [-0.39, 0.29) is 10.7 Å². The van der Waals surface area contributed by atoms with E-state index in [0.717, 1.165) is 23.0 Å². The summed E-state index contributed by atoms with van der Waals surface area (Å²) in [4.78, 5) is 14.1. The zero-order valence-electron chi connectivity index (χ0n) is 12.0. The summed E-state index contributed by atoms with van der Waals surface area (Å²) < 4.78 is 11.4. The molecule has 0 amide bonds. The van der Waals surface area contributed by atoms with Crippen molar-refractivity contribution in [2.24, 2.45) is 0 Å². The number of nitrogens with zero attached hydrogens (tertiary/aromatic N) is 2. The molecule has 1 heterocycles. The minimum atomic E-state index is -0.939. The highest BCUT2D eigenvalue weighted by atomic mass is 35.5. The van der Waals surface area contributed by atoms with E-state index >= 15 is 0 Å². The van der Waals surface area contributed by atoms with Crippen molar-refractivity contribution < 1.29 is 9.13 Å². The molecule has 116 valence electrons. The maximum absolute atomic E-state index is 11.4. The van der Waals surface area contributed by atoms with Gasteiger partial charge in [0.15, 0.2) is 0 Å². The van der Waals surface area contributed by atoms with Gasteiger partial charge in [-0.3, -0.25) is 14.3 Å². The number of halogens is 1. The van der Waals surface area contributed by atoms with Crippen LogP contribution in [0.5, 0.6) is 0 Å². The van der Waals surface area contributed by atoms with Crippen molar-refractivity contribution >= 4 is 39.6 Å². The third-order valence-electron chi connectivity index (χ3n) is 3.10. The highest BCUT2D eigenvalue weighted by molar-refractivity contribution is 7.83. The van der Waals surface area contributed by atoms with Gasteiger partial charge in [0.05, 0.1) is 9.95 Å². The average molecular weight is 340 g/mol. The van der Waals surface area contributed by atoms with Gasteiger partial charge in [-0.1, -0.05) is 23.7 Å². The number of nitrogens with one attached hydrogen (secondary N) is 1. The van der Waals surface area contributed by atoms with Gasteiger partial charge >= 0.3 is 0 Å². The van der Waals surface area contributed by atoms with E-state index < -0.39 is 15.7 Å². The molecule has 2 rings (SSSR count). The first-order chi connectivity index (χ1) is 10.4.